The van der Waals surface area contributed by atoms with Crippen LogP contribution in [0.2, 0.25) is 0 Å². The Labute approximate surface area is 109 Å². The first-order valence-electron chi connectivity index (χ1n) is 5.96. The van der Waals surface area contributed by atoms with E-state index < -0.39 is 0 Å². The molecular weight excluding hydrogens is 285 g/mol. The van der Waals surface area contributed by atoms with Crippen LogP contribution in [-0.4, -0.2) is 26.3 Å². The Balaban J connectivity index is 2.01. The molecule has 1 aromatic rings. The lowest BCUT2D eigenvalue weighted by Gasteiger charge is -2.46. The smallest absolute Gasteiger partial charge is 0.127 e. The molecule has 0 bridgehead atoms. The maximum Gasteiger partial charge on any atom is 0.127 e. The highest BCUT2D eigenvalue weighted by molar-refractivity contribution is 9.10. The molecule has 2 nitrogen and oxygen atoms in total. The van der Waals surface area contributed by atoms with E-state index in [-0.39, 0.29) is 11.2 Å². The van der Waals surface area contributed by atoms with Crippen molar-refractivity contribution < 1.29 is 9.13 Å². The van der Waals surface area contributed by atoms with Crippen molar-refractivity contribution in [3.05, 3.63) is 34.1 Å². The maximum atomic E-state index is 14.0. The van der Waals surface area contributed by atoms with E-state index in [1.54, 1.807) is 12.1 Å². The topological polar surface area (TPSA) is 21.3 Å². The zero-order valence-corrected chi connectivity index (χ0v) is 11.1. The summed E-state index contributed by atoms with van der Waals surface area (Å²) < 4.78 is 20.4. The minimum absolute atomic E-state index is 0.108. The highest BCUT2D eigenvalue weighted by atomic mass is 79.9. The Morgan fingerprint density at radius 1 is 1.41 bits per heavy atom. The van der Waals surface area contributed by atoms with Gasteiger partial charge in [0.25, 0.3) is 0 Å². The Morgan fingerprint density at radius 3 is 2.82 bits per heavy atom. The molecule has 2 fully saturated rings. The van der Waals surface area contributed by atoms with Crippen LogP contribution in [0.4, 0.5) is 4.39 Å². The van der Waals surface area contributed by atoms with Gasteiger partial charge in [-0.3, -0.25) is 0 Å². The molecular formula is C13H15BrFNO. The average molecular weight is 300 g/mol. The number of hydrogen-bond donors (Lipinski definition) is 1. The summed E-state index contributed by atoms with van der Waals surface area (Å²) in [6.07, 6.45) is 1.11. The van der Waals surface area contributed by atoms with Crippen LogP contribution in [0.3, 0.4) is 0 Å². The normalized spacial score (nSPS) is 26.8. The lowest BCUT2D eigenvalue weighted by molar-refractivity contribution is -0.0885. The lowest BCUT2D eigenvalue weighted by atomic mass is 9.68. The fraction of sp³-hybridized carbons (Fsp3) is 0.538. The van der Waals surface area contributed by atoms with Crippen LogP contribution in [0.1, 0.15) is 12.0 Å². The van der Waals surface area contributed by atoms with Crippen molar-refractivity contribution in [1.82, 2.24) is 5.32 Å². The van der Waals surface area contributed by atoms with Gasteiger partial charge >= 0.3 is 0 Å². The number of halogens is 2. The van der Waals surface area contributed by atoms with Gasteiger partial charge in [0.1, 0.15) is 5.82 Å². The average Bonchev–Trinajstić information content (AvgIpc) is 2.75. The third-order valence-electron chi connectivity index (χ3n) is 4.03. The van der Waals surface area contributed by atoms with Crippen molar-refractivity contribution in [1.29, 1.82) is 0 Å². The van der Waals surface area contributed by atoms with Gasteiger partial charge < -0.3 is 10.1 Å². The molecule has 1 aromatic carbocycles. The summed E-state index contributed by atoms with van der Waals surface area (Å²) in [7, 11) is 0. The van der Waals surface area contributed by atoms with Gasteiger partial charge in [-0.25, -0.2) is 4.39 Å². The van der Waals surface area contributed by atoms with Crippen LogP contribution in [0.15, 0.2) is 22.7 Å². The molecule has 92 valence electrons. The summed E-state index contributed by atoms with van der Waals surface area (Å²) in [5.41, 5.74) is 0.698. The number of rotatable bonds is 2. The standard InChI is InChI=1S/C13H15BrFNO/c14-10-1-2-12(15)11(5-10)13(7-17-8-13)9-3-4-16-6-9/h1-2,5,9,16H,3-4,6-8H2. The zero-order chi connectivity index (χ0) is 11.9. The molecule has 3 rings (SSSR count). The lowest BCUT2D eigenvalue weighted by Crippen LogP contribution is -2.53. The molecule has 2 heterocycles. The van der Waals surface area contributed by atoms with E-state index in [0.717, 1.165) is 29.5 Å². The molecule has 4 heteroatoms. The van der Waals surface area contributed by atoms with E-state index in [1.165, 1.54) is 0 Å². The van der Waals surface area contributed by atoms with Crippen molar-refractivity contribution in [2.24, 2.45) is 5.92 Å². The Hall–Kier alpha value is -0.450. The third kappa shape index (κ3) is 1.83. The molecule has 1 N–H and O–H groups in total. The van der Waals surface area contributed by atoms with E-state index in [0.29, 0.717) is 19.1 Å². The molecule has 0 aliphatic carbocycles. The predicted octanol–water partition coefficient (Wildman–Crippen LogP) is 2.47. The third-order valence-corrected chi connectivity index (χ3v) is 4.52. The Bertz CT molecular complexity index is 427. The number of ether oxygens (including phenoxy) is 1. The molecule has 0 saturated carbocycles. The molecule has 2 aliphatic heterocycles. The summed E-state index contributed by atoms with van der Waals surface area (Å²) in [5, 5.41) is 3.36. The monoisotopic (exact) mass is 299 g/mol. The van der Waals surface area contributed by atoms with Crippen LogP contribution in [0.25, 0.3) is 0 Å². The zero-order valence-electron chi connectivity index (χ0n) is 9.51. The van der Waals surface area contributed by atoms with E-state index in [9.17, 15) is 4.39 Å². The quantitative estimate of drug-likeness (QED) is 0.906. The van der Waals surface area contributed by atoms with Crippen molar-refractivity contribution in [3.8, 4) is 0 Å². The number of benzene rings is 1. The van der Waals surface area contributed by atoms with Crippen molar-refractivity contribution >= 4 is 15.9 Å². The molecule has 2 saturated heterocycles. The predicted molar refractivity (Wildman–Crippen MR) is 67.6 cm³/mol. The Morgan fingerprint density at radius 2 is 2.24 bits per heavy atom. The van der Waals surface area contributed by atoms with E-state index >= 15 is 0 Å². The second-order valence-corrected chi connectivity index (χ2v) is 5.88. The summed E-state index contributed by atoms with van der Waals surface area (Å²) in [6.45, 7) is 3.29. The van der Waals surface area contributed by atoms with Crippen LogP contribution in [0, 0.1) is 11.7 Å². The van der Waals surface area contributed by atoms with Gasteiger partial charge in [0, 0.05) is 15.5 Å². The molecule has 2 aliphatic rings. The van der Waals surface area contributed by atoms with Crippen LogP contribution in [0.5, 0.6) is 0 Å². The van der Waals surface area contributed by atoms with E-state index in [4.69, 9.17) is 4.74 Å². The number of hydrogen-bond acceptors (Lipinski definition) is 2. The summed E-state index contributed by atoms with van der Waals surface area (Å²) in [4.78, 5) is 0. The van der Waals surface area contributed by atoms with Gasteiger partial charge in [0.2, 0.25) is 0 Å². The van der Waals surface area contributed by atoms with E-state index in [1.807, 2.05) is 6.07 Å². The maximum absolute atomic E-state index is 14.0. The van der Waals surface area contributed by atoms with Gasteiger partial charge in [0.05, 0.1) is 13.2 Å². The highest BCUT2D eigenvalue weighted by Crippen LogP contribution is 2.43. The van der Waals surface area contributed by atoms with Crippen molar-refractivity contribution in [2.75, 3.05) is 26.3 Å². The van der Waals surface area contributed by atoms with Gasteiger partial charge in [-0.1, -0.05) is 15.9 Å². The molecule has 0 amide bonds. The Kier molecular flexibility index (Phi) is 2.97. The second kappa shape index (κ2) is 4.34. The van der Waals surface area contributed by atoms with Gasteiger partial charge in [0.15, 0.2) is 0 Å². The first-order chi connectivity index (χ1) is 8.22. The van der Waals surface area contributed by atoms with E-state index in [2.05, 4.69) is 21.2 Å². The van der Waals surface area contributed by atoms with Gasteiger partial charge in [-0.05, 0) is 43.6 Å². The largest absolute Gasteiger partial charge is 0.379 e. The minimum Gasteiger partial charge on any atom is -0.379 e. The van der Waals surface area contributed by atoms with Crippen LogP contribution in [-0.2, 0) is 10.2 Å². The first kappa shape index (κ1) is 11.6. The summed E-state index contributed by atoms with van der Waals surface area (Å²) >= 11 is 3.43. The SMILES string of the molecule is Fc1ccc(Br)cc1C1(C2CCNC2)COC1. The molecule has 0 radical (unpaired) electrons. The molecule has 0 spiro atoms. The van der Waals surface area contributed by atoms with Crippen LogP contribution < -0.4 is 5.32 Å². The minimum atomic E-state index is -0.114. The fourth-order valence-electron chi connectivity index (χ4n) is 2.94. The summed E-state index contributed by atoms with van der Waals surface area (Å²) in [6, 6.07) is 5.21. The highest BCUT2D eigenvalue weighted by Gasteiger charge is 2.49. The molecule has 17 heavy (non-hydrogen) atoms. The first-order valence-corrected chi connectivity index (χ1v) is 6.76. The molecule has 0 aromatic heterocycles. The van der Waals surface area contributed by atoms with Gasteiger partial charge in [-0.2, -0.15) is 0 Å². The molecule has 1 atom stereocenters. The summed E-state index contributed by atoms with van der Waals surface area (Å²) in [5.74, 6) is 0.378. The molecule has 1 unspecified atom stereocenters. The van der Waals surface area contributed by atoms with Gasteiger partial charge in [-0.15, -0.1) is 0 Å². The number of nitrogens with one attached hydrogen (secondary N) is 1. The van der Waals surface area contributed by atoms with Crippen LogP contribution >= 0.6 is 15.9 Å². The van der Waals surface area contributed by atoms with Crippen molar-refractivity contribution in [2.45, 2.75) is 11.8 Å². The fourth-order valence-corrected chi connectivity index (χ4v) is 3.30. The second-order valence-electron chi connectivity index (χ2n) is 4.96. The van der Waals surface area contributed by atoms with Crippen molar-refractivity contribution in [3.63, 3.8) is 0 Å².